The molecular weight excluding hydrogens is 324 g/mol. The molecular formula is C18H23BrN2. The zero-order valence-electron chi connectivity index (χ0n) is 12.4. The van der Waals surface area contributed by atoms with E-state index in [1.54, 1.807) is 0 Å². The molecule has 112 valence electrons. The van der Waals surface area contributed by atoms with Crippen LogP contribution in [0.15, 0.2) is 40.9 Å². The summed E-state index contributed by atoms with van der Waals surface area (Å²) >= 11 is 3.52. The summed E-state index contributed by atoms with van der Waals surface area (Å²) in [5, 5.41) is 6.18. The lowest BCUT2D eigenvalue weighted by atomic mass is 10.1. The van der Waals surface area contributed by atoms with Crippen molar-refractivity contribution < 1.29 is 0 Å². The first-order valence-electron chi connectivity index (χ1n) is 7.92. The molecule has 1 aliphatic rings. The van der Waals surface area contributed by atoms with Crippen molar-refractivity contribution in [2.75, 3.05) is 26.2 Å². The number of hydrogen-bond acceptors (Lipinski definition) is 2. The zero-order chi connectivity index (χ0) is 14.5. The first kappa shape index (κ1) is 15.0. The molecule has 1 aliphatic heterocycles. The minimum absolute atomic E-state index is 0.958. The average molecular weight is 347 g/mol. The van der Waals surface area contributed by atoms with E-state index in [4.69, 9.17) is 0 Å². The van der Waals surface area contributed by atoms with Crippen molar-refractivity contribution in [1.82, 2.24) is 10.2 Å². The van der Waals surface area contributed by atoms with Gasteiger partial charge in [-0.2, -0.15) is 0 Å². The van der Waals surface area contributed by atoms with Gasteiger partial charge in [0.1, 0.15) is 0 Å². The van der Waals surface area contributed by atoms with Gasteiger partial charge in [-0.3, -0.25) is 0 Å². The Balaban J connectivity index is 1.49. The van der Waals surface area contributed by atoms with Gasteiger partial charge in [0.2, 0.25) is 0 Å². The predicted molar refractivity (Wildman–Crippen MR) is 93.6 cm³/mol. The van der Waals surface area contributed by atoms with E-state index in [0.717, 1.165) is 17.6 Å². The van der Waals surface area contributed by atoms with E-state index in [1.807, 2.05) is 0 Å². The van der Waals surface area contributed by atoms with Gasteiger partial charge in [0.05, 0.1) is 0 Å². The summed E-state index contributed by atoms with van der Waals surface area (Å²) in [6.45, 7) is 5.79. The van der Waals surface area contributed by atoms with Crippen LogP contribution in [-0.4, -0.2) is 31.1 Å². The van der Waals surface area contributed by atoms with Crippen molar-refractivity contribution in [3.63, 3.8) is 0 Å². The lowest BCUT2D eigenvalue weighted by Crippen LogP contribution is -2.35. The molecule has 1 N–H and O–H groups in total. The van der Waals surface area contributed by atoms with Crippen LogP contribution < -0.4 is 5.32 Å². The standard InChI is InChI=1S/C18H23BrN2/c19-18-7-6-16-12-15(4-5-17(16)13-18)14-20-8-11-21-9-2-1-3-10-21/h4-7,12-13,20H,1-3,8-11,14H2. The van der Waals surface area contributed by atoms with E-state index in [-0.39, 0.29) is 0 Å². The fraction of sp³-hybridized carbons (Fsp3) is 0.444. The summed E-state index contributed by atoms with van der Waals surface area (Å²) in [6, 6.07) is 13.2. The van der Waals surface area contributed by atoms with Crippen LogP contribution in [0.5, 0.6) is 0 Å². The molecule has 2 aromatic rings. The van der Waals surface area contributed by atoms with Crippen molar-refractivity contribution in [3.05, 3.63) is 46.4 Å². The quantitative estimate of drug-likeness (QED) is 0.817. The van der Waals surface area contributed by atoms with E-state index >= 15 is 0 Å². The van der Waals surface area contributed by atoms with E-state index in [0.29, 0.717) is 0 Å². The molecule has 21 heavy (non-hydrogen) atoms. The maximum absolute atomic E-state index is 3.57. The van der Waals surface area contributed by atoms with Gasteiger partial charge in [-0.15, -0.1) is 0 Å². The Kier molecular flexibility index (Phi) is 5.28. The highest BCUT2D eigenvalue weighted by Crippen LogP contribution is 2.20. The summed E-state index contributed by atoms with van der Waals surface area (Å²) in [6.07, 6.45) is 4.16. The second-order valence-electron chi connectivity index (χ2n) is 5.90. The minimum atomic E-state index is 0.958. The molecule has 3 heteroatoms. The highest BCUT2D eigenvalue weighted by Gasteiger charge is 2.08. The number of nitrogens with one attached hydrogen (secondary N) is 1. The largest absolute Gasteiger partial charge is 0.311 e. The molecule has 0 spiro atoms. The minimum Gasteiger partial charge on any atom is -0.311 e. The van der Waals surface area contributed by atoms with Crippen molar-refractivity contribution in [1.29, 1.82) is 0 Å². The number of likely N-dealkylation sites (tertiary alicyclic amines) is 1. The molecule has 1 saturated heterocycles. The normalized spacial score (nSPS) is 16.4. The molecule has 2 aromatic carbocycles. The summed E-state index contributed by atoms with van der Waals surface area (Å²) in [4.78, 5) is 2.58. The Morgan fingerprint density at radius 2 is 1.71 bits per heavy atom. The monoisotopic (exact) mass is 346 g/mol. The lowest BCUT2D eigenvalue weighted by molar-refractivity contribution is 0.229. The predicted octanol–water partition coefficient (Wildman–Crippen LogP) is 4.18. The van der Waals surface area contributed by atoms with Crippen molar-refractivity contribution >= 4 is 26.7 Å². The lowest BCUT2D eigenvalue weighted by Gasteiger charge is -2.26. The Bertz CT molecular complexity index is 591. The Hall–Kier alpha value is -0.900. The number of halogens is 1. The van der Waals surface area contributed by atoms with Crippen molar-refractivity contribution in [2.24, 2.45) is 0 Å². The van der Waals surface area contributed by atoms with E-state index < -0.39 is 0 Å². The van der Waals surface area contributed by atoms with E-state index in [1.165, 1.54) is 55.2 Å². The summed E-state index contributed by atoms with van der Waals surface area (Å²) in [5.41, 5.74) is 1.36. The smallest absolute Gasteiger partial charge is 0.0206 e. The number of nitrogens with zero attached hydrogens (tertiary/aromatic N) is 1. The Morgan fingerprint density at radius 3 is 2.57 bits per heavy atom. The van der Waals surface area contributed by atoms with Gasteiger partial charge in [-0.1, -0.05) is 40.5 Å². The van der Waals surface area contributed by atoms with Crippen molar-refractivity contribution in [3.8, 4) is 0 Å². The Labute approximate surface area is 135 Å². The molecule has 1 fully saturated rings. The molecule has 0 amide bonds. The molecule has 0 saturated carbocycles. The van der Waals surface area contributed by atoms with Crippen LogP contribution in [0.2, 0.25) is 0 Å². The first-order chi connectivity index (χ1) is 10.3. The fourth-order valence-electron chi connectivity index (χ4n) is 3.03. The molecule has 1 heterocycles. The van der Waals surface area contributed by atoms with Crippen molar-refractivity contribution in [2.45, 2.75) is 25.8 Å². The van der Waals surface area contributed by atoms with Gasteiger partial charge in [-0.05, 0) is 60.5 Å². The number of benzene rings is 2. The van der Waals surface area contributed by atoms with Gasteiger partial charge in [0.25, 0.3) is 0 Å². The molecule has 2 nitrogen and oxygen atoms in total. The number of piperidine rings is 1. The molecule has 0 bridgehead atoms. The van der Waals surface area contributed by atoms with Crippen LogP contribution >= 0.6 is 15.9 Å². The van der Waals surface area contributed by atoms with Crippen LogP contribution in [0.4, 0.5) is 0 Å². The zero-order valence-corrected chi connectivity index (χ0v) is 14.0. The van der Waals surface area contributed by atoms with Gasteiger partial charge in [-0.25, -0.2) is 0 Å². The number of fused-ring (bicyclic) bond motifs is 1. The second-order valence-corrected chi connectivity index (χ2v) is 6.82. The third-order valence-corrected chi connectivity index (χ3v) is 4.74. The molecule has 0 unspecified atom stereocenters. The van der Waals surface area contributed by atoms with Crippen LogP contribution in [-0.2, 0) is 6.54 Å². The SMILES string of the molecule is Brc1ccc2cc(CNCCN3CCCCC3)ccc2c1. The summed E-state index contributed by atoms with van der Waals surface area (Å²) in [7, 11) is 0. The molecule has 0 atom stereocenters. The maximum atomic E-state index is 3.57. The topological polar surface area (TPSA) is 15.3 Å². The van der Waals surface area contributed by atoms with Gasteiger partial charge < -0.3 is 10.2 Å². The molecule has 3 rings (SSSR count). The van der Waals surface area contributed by atoms with E-state index in [2.05, 4.69) is 62.5 Å². The molecule has 0 aliphatic carbocycles. The van der Waals surface area contributed by atoms with Gasteiger partial charge >= 0.3 is 0 Å². The highest BCUT2D eigenvalue weighted by molar-refractivity contribution is 9.10. The fourth-order valence-corrected chi connectivity index (χ4v) is 3.41. The number of rotatable bonds is 5. The number of hydrogen-bond donors (Lipinski definition) is 1. The van der Waals surface area contributed by atoms with Gasteiger partial charge in [0, 0.05) is 24.1 Å². The van der Waals surface area contributed by atoms with Crippen LogP contribution in [0.1, 0.15) is 24.8 Å². The average Bonchev–Trinajstić information content (AvgIpc) is 2.52. The molecule has 0 aromatic heterocycles. The third kappa shape index (κ3) is 4.29. The highest BCUT2D eigenvalue weighted by atomic mass is 79.9. The Morgan fingerprint density at radius 1 is 0.952 bits per heavy atom. The molecule has 0 radical (unpaired) electrons. The maximum Gasteiger partial charge on any atom is 0.0206 e. The third-order valence-electron chi connectivity index (χ3n) is 4.25. The van der Waals surface area contributed by atoms with E-state index in [9.17, 15) is 0 Å². The van der Waals surface area contributed by atoms with Crippen LogP contribution in [0, 0.1) is 0 Å². The van der Waals surface area contributed by atoms with Crippen LogP contribution in [0.3, 0.4) is 0 Å². The summed E-state index contributed by atoms with van der Waals surface area (Å²) < 4.78 is 1.14. The van der Waals surface area contributed by atoms with Gasteiger partial charge in [0.15, 0.2) is 0 Å². The van der Waals surface area contributed by atoms with Crippen LogP contribution in [0.25, 0.3) is 10.8 Å². The first-order valence-corrected chi connectivity index (χ1v) is 8.72. The summed E-state index contributed by atoms with van der Waals surface area (Å²) in [5.74, 6) is 0. The second kappa shape index (κ2) is 7.39.